The Balaban J connectivity index is 1.71. The number of aromatic nitrogens is 1. The smallest absolute Gasteiger partial charge is 0.257 e. The highest BCUT2D eigenvalue weighted by Gasteiger charge is 2.27. The van der Waals surface area contributed by atoms with Crippen LogP contribution in [0.4, 0.5) is 5.82 Å². The van der Waals surface area contributed by atoms with Gasteiger partial charge in [0.2, 0.25) is 0 Å². The van der Waals surface area contributed by atoms with Crippen molar-refractivity contribution in [1.29, 1.82) is 0 Å². The minimum Gasteiger partial charge on any atom is -0.482 e. The minimum atomic E-state index is -2.87. The number of amides is 1. The highest BCUT2D eigenvalue weighted by molar-refractivity contribution is 7.93. The third-order valence-electron chi connectivity index (χ3n) is 8.18. The van der Waals surface area contributed by atoms with Gasteiger partial charge in [-0.2, -0.15) is 0 Å². The van der Waals surface area contributed by atoms with E-state index >= 15 is 0 Å². The highest BCUT2D eigenvalue weighted by atomic mass is 32.2. The summed E-state index contributed by atoms with van der Waals surface area (Å²) in [5, 5.41) is 6.38. The van der Waals surface area contributed by atoms with Gasteiger partial charge in [0.05, 0.1) is 20.3 Å². The van der Waals surface area contributed by atoms with Crippen LogP contribution in [0.5, 0.6) is 5.75 Å². The van der Waals surface area contributed by atoms with Gasteiger partial charge in [0, 0.05) is 57.3 Å². The number of allylic oxidation sites excluding steroid dienone is 3. The van der Waals surface area contributed by atoms with Gasteiger partial charge in [0.15, 0.2) is 6.10 Å². The molecular weight excluding hydrogens is 560 g/mol. The molecule has 1 aliphatic heterocycles. The molecular formula is C33H48N6O3S. The van der Waals surface area contributed by atoms with Crippen LogP contribution in [-0.4, -0.2) is 71.6 Å². The highest BCUT2D eigenvalue weighted by Crippen LogP contribution is 2.38. The lowest BCUT2D eigenvalue weighted by Gasteiger charge is -2.34. The number of rotatable bonds is 12. The Labute approximate surface area is 257 Å². The first-order valence-corrected chi connectivity index (χ1v) is 17.2. The standard InChI is InChI=1S/C33H48N6O3S/c1-7-9-25(26-11-12-26)13-14-28(34)30(21-39-17-16-36-24(4)20-39)42-29-18-23(3)27(19-31(29)43(6,41)35-5)33(40)38-32-22(2)10-8-15-37-32/h8,10,13-15,18-19,24,26,30,36H,7,9,11-12,16-17,20-21,34H2,1-6H3,(H,37,38,40)/b25-13+,28-14-/t24-,30-,43?/m1/s1. The van der Waals surface area contributed by atoms with Crippen molar-refractivity contribution in [2.24, 2.45) is 16.0 Å². The summed E-state index contributed by atoms with van der Waals surface area (Å²) in [6.07, 6.45) is 11.5. The van der Waals surface area contributed by atoms with Gasteiger partial charge >= 0.3 is 0 Å². The normalized spacial score (nSPS) is 20.3. The first-order chi connectivity index (χ1) is 20.5. The quantitative estimate of drug-likeness (QED) is 0.288. The molecule has 10 heteroatoms. The summed E-state index contributed by atoms with van der Waals surface area (Å²) in [6, 6.07) is 7.49. The van der Waals surface area contributed by atoms with Gasteiger partial charge in [-0.15, -0.1) is 0 Å². The number of piperazine rings is 1. The topological polar surface area (TPSA) is 122 Å². The molecule has 1 amide bonds. The molecule has 2 fully saturated rings. The van der Waals surface area contributed by atoms with Crippen molar-refractivity contribution >= 4 is 21.5 Å². The van der Waals surface area contributed by atoms with E-state index in [9.17, 15) is 9.00 Å². The van der Waals surface area contributed by atoms with Crippen LogP contribution in [0.3, 0.4) is 0 Å². The summed E-state index contributed by atoms with van der Waals surface area (Å²) in [5.41, 5.74) is 10.8. The van der Waals surface area contributed by atoms with Gasteiger partial charge in [-0.3, -0.25) is 9.69 Å². The lowest BCUT2D eigenvalue weighted by atomic mass is 10.0. The average Bonchev–Trinajstić information content (AvgIpc) is 3.81. The predicted molar refractivity (Wildman–Crippen MR) is 175 cm³/mol. The number of hydrogen-bond acceptors (Lipinski definition) is 8. The molecule has 43 heavy (non-hydrogen) atoms. The second-order valence-corrected chi connectivity index (χ2v) is 14.3. The van der Waals surface area contributed by atoms with Gasteiger partial charge in [-0.25, -0.2) is 13.6 Å². The third kappa shape index (κ3) is 8.68. The summed E-state index contributed by atoms with van der Waals surface area (Å²) in [4.78, 5) is 20.4. The lowest BCUT2D eigenvalue weighted by Crippen LogP contribution is -2.52. The van der Waals surface area contributed by atoms with Crippen molar-refractivity contribution in [3.8, 4) is 5.75 Å². The second kappa shape index (κ2) is 14.5. The summed E-state index contributed by atoms with van der Waals surface area (Å²) in [5.74, 6) is 1.23. The van der Waals surface area contributed by atoms with E-state index in [4.69, 9.17) is 10.5 Å². The molecule has 1 unspecified atom stereocenters. The van der Waals surface area contributed by atoms with E-state index in [1.807, 2.05) is 32.1 Å². The molecule has 234 valence electrons. The number of nitrogens with two attached hydrogens (primary N) is 1. The van der Waals surface area contributed by atoms with E-state index in [0.717, 1.165) is 38.0 Å². The van der Waals surface area contributed by atoms with Crippen molar-refractivity contribution in [1.82, 2.24) is 15.2 Å². The molecule has 4 rings (SSSR count). The maximum Gasteiger partial charge on any atom is 0.257 e. The number of pyridine rings is 1. The number of hydrogen-bond donors (Lipinski definition) is 3. The first-order valence-electron chi connectivity index (χ1n) is 15.3. The molecule has 1 saturated heterocycles. The van der Waals surface area contributed by atoms with Crippen molar-refractivity contribution in [3.05, 3.63) is 70.6 Å². The Morgan fingerprint density at radius 3 is 2.72 bits per heavy atom. The lowest BCUT2D eigenvalue weighted by molar-refractivity contribution is 0.102. The number of benzene rings is 1. The van der Waals surface area contributed by atoms with Gasteiger partial charge < -0.3 is 21.1 Å². The fourth-order valence-corrected chi connectivity index (χ4v) is 6.45. The number of nitrogens with zero attached hydrogens (tertiary/aromatic N) is 3. The van der Waals surface area contributed by atoms with Gasteiger partial charge in [0.25, 0.3) is 5.91 Å². The summed E-state index contributed by atoms with van der Waals surface area (Å²) in [7, 11) is -1.35. The van der Waals surface area contributed by atoms with Gasteiger partial charge in [0.1, 0.15) is 11.6 Å². The maximum atomic E-state index is 13.8. The van der Waals surface area contributed by atoms with Gasteiger partial charge in [-0.05, 0) is 81.4 Å². The number of nitrogens with one attached hydrogen (secondary N) is 2. The number of ether oxygens (including phenoxy) is 1. The molecule has 1 aromatic carbocycles. The van der Waals surface area contributed by atoms with Crippen LogP contribution in [0.15, 0.2) is 63.1 Å². The van der Waals surface area contributed by atoms with Crippen LogP contribution < -0.4 is 21.1 Å². The summed E-state index contributed by atoms with van der Waals surface area (Å²) >= 11 is 0. The largest absolute Gasteiger partial charge is 0.482 e. The van der Waals surface area contributed by atoms with Crippen molar-refractivity contribution in [2.45, 2.75) is 70.4 Å². The fraction of sp³-hybridized carbons (Fsp3) is 0.515. The number of anilines is 1. The minimum absolute atomic E-state index is 0.335. The molecule has 2 aromatic rings. The Morgan fingerprint density at radius 2 is 2.07 bits per heavy atom. The van der Waals surface area contributed by atoms with E-state index in [1.54, 1.807) is 24.6 Å². The average molecular weight is 609 g/mol. The van der Waals surface area contributed by atoms with E-state index in [2.05, 4.69) is 44.8 Å². The van der Waals surface area contributed by atoms with Crippen LogP contribution in [0.1, 0.15) is 61.0 Å². The zero-order chi connectivity index (χ0) is 31.1. The van der Waals surface area contributed by atoms with E-state index in [1.165, 1.54) is 25.5 Å². The zero-order valence-corrected chi connectivity index (χ0v) is 27.3. The van der Waals surface area contributed by atoms with Crippen LogP contribution in [-0.2, 0) is 9.73 Å². The van der Waals surface area contributed by atoms with Crippen LogP contribution >= 0.6 is 0 Å². The SMILES string of the molecule is CCC/C(=C\C=C(/N)[C@@H](CN1CCN[C@H](C)C1)Oc1cc(C)c(C(=O)Nc2ncccc2C)cc1S(C)(=O)=NC)C1CC1. The first kappa shape index (κ1) is 32.7. The zero-order valence-electron chi connectivity index (χ0n) is 26.5. The molecule has 1 aliphatic carbocycles. The Hall–Kier alpha value is -3.21. The fourth-order valence-electron chi connectivity index (χ4n) is 5.44. The third-order valence-corrected chi connectivity index (χ3v) is 10.0. The maximum absolute atomic E-state index is 13.8. The summed E-state index contributed by atoms with van der Waals surface area (Å²) < 4.78 is 24.6. The van der Waals surface area contributed by atoms with E-state index < -0.39 is 15.8 Å². The number of carbonyl (C=O) groups is 1. The van der Waals surface area contributed by atoms with Crippen LogP contribution in [0, 0.1) is 19.8 Å². The molecule has 0 bridgehead atoms. The number of carbonyl (C=O) groups excluding carboxylic acids is 1. The van der Waals surface area contributed by atoms with Crippen molar-refractivity contribution in [3.63, 3.8) is 0 Å². The molecule has 1 aromatic heterocycles. The predicted octanol–water partition coefficient (Wildman–Crippen LogP) is 5.06. The molecule has 2 aliphatic rings. The van der Waals surface area contributed by atoms with Crippen LogP contribution in [0.2, 0.25) is 0 Å². The number of aryl methyl sites for hydroxylation is 2. The van der Waals surface area contributed by atoms with E-state index in [0.29, 0.717) is 51.8 Å². The summed E-state index contributed by atoms with van der Waals surface area (Å²) in [6.45, 7) is 11.3. The molecule has 4 N–H and O–H groups in total. The molecule has 2 heterocycles. The van der Waals surface area contributed by atoms with Crippen molar-refractivity contribution in [2.75, 3.05) is 44.8 Å². The van der Waals surface area contributed by atoms with E-state index in [-0.39, 0.29) is 5.91 Å². The monoisotopic (exact) mass is 608 g/mol. The second-order valence-electron chi connectivity index (χ2n) is 11.9. The van der Waals surface area contributed by atoms with Gasteiger partial charge in [-0.1, -0.05) is 31.1 Å². The molecule has 3 atom stereocenters. The van der Waals surface area contributed by atoms with Crippen molar-refractivity contribution < 1.29 is 13.7 Å². The molecule has 1 saturated carbocycles. The Kier molecular flexibility index (Phi) is 11.0. The molecule has 0 radical (unpaired) electrons. The Bertz CT molecular complexity index is 1490. The molecule has 9 nitrogen and oxygen atoms in total. The molecule has 0 spiro atoms. The van der Waals surface area contributed by atoms with Crippen LogP contribution in [0.25, 0.3) is 0 Å². The Morgan fingerprint density at radius 1 is 1.30 bits per heavy atom.